The van der Waals surface area contributed by atoms with Crippen molar-refractivity contribution < 1.29 is 9.32 Å². The highest BCUT2D eigenvalue weighted by molar-refractivity contribution is 5.92. The van der Waals surface area contributed by atoms with Gasteiger partial charge in [0, 0.05) is 29.9 Å². The van der Waals surface area contributed by atoms with Crippen LogP contribution in [0.1, 0.15) is 49.9 Å². The lowest BCUT2D eigenvalue weighted by atomic mass is 9.96. The number of nitrogens with one attached hydrogen (secondary N) is 1. The fourth-order valence-electron chi connectivity index (χ4n) is 2.55. The minimum atomic E-state index is -0.190. The van der Waals surface area contributed by atoms with E-state index in [2.05, 4.69) is 25.4 Å². The summed E-state index contributed by atoms with van der Waals surface area (Å²) in [5.74, 6) is 2.17. The average molecular weight is 366 g/mol. The monoisotopic (exact) mass is 366 g/mol. The third-order valence-electron chi connectivity index (χ3n) is 4.42. The quantitative estimate of drug-likeness (QED) is 0.745. The molecule has 1 amide bonds. The molecule has 0 unspecified atom stereocenters. The van der Waals surface area contributed by atoms with E-state index in [1.807, 2.05) is 32.9 Å². The molecule has 8 nitrogen and oxygen atoms in total. The van der Waals surface area contributed by atoms with Crippen LogP contribution in [-0.2, 0) is 5.41 Å². The van der Waals surface area contributed by atoms with Crippen molar-refractivity contribution in [1.29, 1.82) is 0 Å². The molecule has 4 rings (SSSR count). The molecule has 0 bridgehead atoms. The predicted molar refractivity (Wildman–Crippen MR) is 98.4 cm³/mol. The van der Waals surface area contributed by atoms with Crippen LogP contribution in [0.15, 0.2) is 35.4 Å². The van der Waals surface area contributed by atoms with Gasteiger partial charge >= 0.3 is 0 Å². The molecule has 1 N–H and O–H groups in total. The Balaban J connectivity index is 1.54. The summed E-state index contributed by atoms with van der Waals surface area (Å²) >= 11 is 0. The molecule has 0 saturated heterocycles. The second-order valence-electron chi connectivity index (χ2n) is 7.90. The summed E-state index contributed by atoms with van der Waals surface area (Å²) < 4.78 is 7.10. The number of imidazole rings is 1. The molecule has 140 valence electrons. The van der Waals surface area contributed by atoms with E-state index in [0.717, 1.165) is 5.56 Å². The minimum Gasteiger partial charge on any atom is -0.350 e. The molecule has 27 heavy (non-hydrogen) atoms. The fourth-order valence-corrected chi connectivity index (χ4v) is 2.55. The maximum Gasteiger partial charge on any atom is 0.271 e. The molecule has 1 aliphatic rings. The molecule has 1 saturated carbocycles. The lowest BCUT2D eigenvalue weighted by Crippen LogP contribution is -2.25. The zero-order valence-electron chi connectivity index (χ0n) is 15.6. The molecule has 3 aromatic rings. The van der Waals surface area contributed by atoms with E-state index in [0.29, 0.717) is 35.7 Å². The first-order valence-corrected chi connectivity index (χ1v) is 9.03. The first-order chi connectivity index (χ1) is 12.9. The first kappa shape index (κ1) is 17.4. The second-order valence-corrected chi connectivity index (χ2v) is 7.90. The topological polar surface area (TPSA) is 98.7 Å². The molecule has 0 aliphatic heterocycles. The van der Waals surface area contributed by atoms with E-state index in [-0.39, 0.29) is 11.3 Å². The Morgan fingerprint density at radius 2 is 2.15 bits per heavy atom. The van der Waals surface area contributed by atoms with Crippen LogP contribution in [0.5, 0.6) is 0 Å². The van der Waals surface area contributed by atoms with Crippen molar-refractivity contribution in [3.8, 4) is 17.3 Å². The van der Waals surface area contributed by atoms with E-state index >= 15 is 0 Å². The van der Waals surface area contributed by atoms with Gasteiger partial charge in [0.2, 0.25) is 0 Å². The van der Waals surface area contributed by atoms with Crippen molar-refractivity contribution >= 4 is 5.91 Å². The van der Waals surface area contributed by atoms with Gasteiger partial charge in [0.25, 0.3) is 11.8 Å². The Morgan fingerprint density at radius 1 is 1.33 bits per heavy atom. The van der Waals surface area contributed by atoms with E-state index < -0.39 is 0 Å². The number of hydrogen-bond acceptors (Lipinski definition) is 6. The smallest absolute Gasteiger partial charge is 0.271 e. The SMILES string of the molecule is CC(C)(C)c1noc(-c2ccnc(-n3cnc(C(=O)NCC4CC4)c3)c2)n1. The van der Waals surface area contributed by atoms with E-state index in [1.165, 1.54) is 12.8 Å². The zero-order valence-corrected chi connectivity index (χ0v) is 15.6. The fraction of sp³-hybridized carbons (Fsp3) is 0.421. The van der Waals surface area contributed by atoms with E-state index in [9.17, 15) is 4.79 Å². The van der Waals surface area contributed by atoms with Crippen LogP contribution < -0.4 is 5.32 Å². The summed E-state index contributed by atoms with van der Waals surface area (Å²) in [6.07, 6.45) is 7.30. The van der Waals surface area contributed by atoms with Gasteiger partial charge < -0.3 is 9.84 Å². The number of rotatable bonds is 5. The lowest BCUT2D eigenvalue weighted by Gasteiger charge is -2.10. The van der Waals surface area contributed by atoms with Crippen LogP contribution in [0.2, 0.25) is 0 Å². The highest BCUT2D eigenvalue weighted by atomic mass is 16.5. The molecule has 0 radical (unpaired) electrons. The number of carbonyl (C=O) groups excluding carboxylic acids is 1. The van der Waals surface area contributed by atoms with Gasteiger partial charge in [0.05, 0.1) is 0 Å². The number of aromatic nitrogens is 5. The zero-order chi connectivity index (χ0) is 19.0. The molecule has 8 heteroatoms. The normalized spacial score (nSPS) is 14.3. The summed E-state index contributed by atoms with van der Waals surface area (Å²) in [6.45, 7) is 6.80. The minimum absolute atomic E-state index is 0.163. The second kappa shape index (κ2) is 6.61. The van der Waals surface area contributed by atoms with Crippen LogP contribution in [0.4, 0.5) is 0 Å². The molecule has 3 heterocycles. The number of hydrogen-bond donors (Lipinski definition) is 1. The summed E-state index contributed by atoms with van der Waals surface area (Å²) in [4.78, 5) is 25.2. The van der Waals surface area contributed by atoms with Gasteiger partial charge in [-0.1, -0.05) is 25.9 Å². The summed E-state index contributed by atoms with van der Waals surface area (Å²) in [5.41, 5.74) is 0.942. The Hall–Kier alpha value is -3.03. The van der Waals surface area contributed by atoms with E-state index in [4.69, 9.17) is 4.52 Å². The van der Waals surface area contributed by atoms with E-state index in [1.54, 1.807) is 23.3 Å². The number of carbonyl (C=O) groups is 1. The largest absolute Gasteiger partial charge is 0.350 e. The van der Waals surface area contributed by atoms with Gasteiger partial charge in [0.1, 0.15) is 17.8 Å². The molecule has 3 aromatic heterocycles. The van der Waals surface area contributed by atoms with Crippen molar-refractivity contribution in [2.24, 2.45) is 5.92 Å². The first-order valence-electron chi connectivity index (χ1n) is 9.03. The lowest BCUT2D eigenvalue weighted by molar-refractivity contribution is 0.0947. The van der Waals surface area contributed by atoms with Crippen LogP contribution in [0, 0.1) is 5.92 Å². The van der Waals surface area contributed by atoms with Gasteiger partial charge in [-0.05, 0) is 30.9 Å². The van der Waals surface area contributed by atoms with Crippen LogP contribution in [0.25, 0.3) is 17.3 Å². The van der Waals surface area contributed by atoms with Crippen molar-refractivity contribution in [1.82, 2.24) is 30.0 Å². The Bertz CT molecular complexity index is 964. The molecule has 0 atom stereocenters. The molecule has 0 spiro atoms. The van der Waals surface area contributed by atoms with Crippen LogP contribution in [-0.4, -0.2) is 37.1 Å². The summed E-state index contributed by atoms with van der Waals surface area (Å²) in [5, 5.41) is 6.97. The Kier molecular flexibility index (Phi) is 4.25. The van der Waals surface area contributed by atoms with Gasteiger partial charge in [-0.2, -0.15) is 4.98 Å². The number of pyridine rings is 1. The van der Waals surface area contributed by atoms with Crippen molar-refractivity contribution in [3.63, 3.8) is 0 Å². The van der Waals surface area contributed by atoms with Gasteiger partial charge in [-0.25, -0.2) is 9.97 Å². The average Bonchev–Trinajstić information content (AvgIpc) is 3.13. The maximum atomic E-state index is 12.2. The number of amides is 1. The van der Waals surface area contributed by atoms with Crippen molar-refractivity contribution in [3.05, 3.63) is 42.4 Å². The number of nitrogens with zero attached hydrogens (tertiary/aromatic N) is 5. The van der Waals surface area contributed by atoms with Gasteiger partial charge in [0.15, 0.2) is 5.82 Å². The molecule has 1 aliphatic carbocycles. The highest BCUT2D eigenvalue weighted by Gasteiger charge is 2.23. The van der Waals surface area contributed by atoms with Crippen LogP contribution in [0.3, 0.4) is 0 Å². The standard InChI is InChI=1S/C19H22N6O2/c1-19(2,3)18-23-17(27-24-18)13-6-7-20-15(8-13)25-10-14(22-11-25)16(26)21-9-12-4-5-12/h6-8,10-12H,4-5,9H2,1-3H3,(H,21,26). The Morgan fingerprint density at radius 3 is 2.85 bits per heavy atom. The third kappa shape index (κ3) is 3.89. The highest BCUT2D eigenvalue weighted by Crippen LogP contribution is 2.27. The predicted octanol–water partition coefficient (Wildman–Crippen LogP) is 2.75. The van der Waals surface area contributed by atoms with Crippen molar-refractivity contribution in [2.75, 3.05) is 6.54 Å². The maximum absolute atomic E-state index is 12.2. The Labute approximate surface area is 157 Å². The molecular weight excluding hydrogens is 344 g/mol. The third-order valence-corrected chi connectivity index (χ3v) is 4.42. The van der Waals surface area contributed by atoms with Gasteiger partial charge in [-0.3, -0.25) is 9.36 Å². The summed E-state index contributed by atoms with van der Waals surface area (Å²) in [6, 6.07) is 3.64. The van der Waals surface area contributed by atoms with Crippen LogP contribution >= 0.6 is 0 Å². The molecule has 1 fully saturated rings. The van der Waals surface area contributed by atoms with Crippen molar-refractivity contribution in [2.45, 2.75) is 39.0 Å². The van der Waals surface area contributed by atoms with Gasteiger partial charge in [-0.15, -0.1) is 0 Å². The summed E-state index contributed by atoms with van der Waals surface area (Å²) in [7, 11) is 0. The molecule has 0 aromatic carbocycles. The molecular formula is C19H22N6O2.